The maximum atomic E-state index is 13.3. The molecule has 1 aromatic heterocycles. The number of fused-ring (bicyclic) bond motifs is 1. The van der Waals surface area contributed by atoms with Gasteiger partial charge in [-0.25, -0.2) is 4.39 Å². The molecule has 20 heavy (non-hydrogen) atoms. The third kappa shape index (κ3) is 2.54. The number of aryl methyl sites for hydroxylation is 1. The zero-order valence-electron chi connectivity index (χ0n) is 11.6. The monoisotopic (exact) mass is 277 g/mol. The van der Waals surface area contributed by atoms with E-state index in [4.69, 9.17) is 0 Å². The summed E-state index contributed by atoms with van der Waals surface area (Å²) in [4.78, 5) is 24.3. The van der Waals surface area contributed by atoms with Crippen LogP contribution in [0, 0.1) is 5.82 Å². The number of amides is 1. The average Bonchev–Trinajstić information content (AvgIpc) is 2.42. The summed E-state index contributed by atoms with van der Waals surface area (Å²) in [6.45, 7) is 3.76. The van der Waals surface area contributed by atoms with Gasteiger partial charge in [0.2, 0.25) is 5.43 Å². The molecule has 0 radical (unpaired) electrons. The van der Waals surface area contributed by atoms with Gasteiger partial charge in [-0.3, -0.25) is 14.3 Å². The number of hydrogen-bond donors (Lipinski definition) is 1. The lowest BCUT2D eigenvalue weighted by atomic mass is 10.2. The second-order valence-electron chi connectivity index (χ2n) is 4.75. The van der Waals surface area contributed by atoms with Crippen LogP contribution >= 0.6 is 0 Å². The number of nitrogens with one attached hydrogen (secondary N) is 1. The normalized spacial score (nSPS) is 12.4. The minimum absolute atomic E-state index is 0.0581. The molecule has 0 fully saturated rings. The molecule has 1 heterocycles. The first-order chi connectivity index (χ1) is 9.43. The van der Waals surface area contributed by atoms with Gasteiger partial charge in [0.1, 0.15) is 5.82 Å². The highest BCUT2D eigenvalue weighted by Gasteiger charge is 2.18. The first kappa shape index (κ1) is 14.2. The molecular formula is C14H16FN3O2. The molecule has 0 aliphatic heterocycles. The van der Waals surface area contributed by atoms with Crippen LogP contribution in [0.4, 0.5) is 4.39 Å². The summed E-state index contributed by atoms with van der Waals surface area (Å²) >= 11 is 0. The van der Waals surface area contributed by atoms with Crippen LogP contribution in [0.3, 0.4) is 0 Å². The molecule has 1 atom stereocenters. The number of benzene rings is 1. The van der Waals surface area contributed by atoms with Crippen LogP contribution < -0.4 is 10.7 Å². The first-order valence-corrected chi connectivity index (χ1v) is 6.41. The van der Waals surface area contributed by atoms with Crippen molar-refractivity contribution >= 4 is 16.8 Å². The van der Waals surface area contributed by atoms with Crippen molar-refractivity contribution in [3.05, 3.63) is 39.9 Å². The topological polar surface area (TPSA) is 64.0 Å². The van der Waals surface area contributed by atoms with Crippen LogP contribution in [0.25, 0.3) is 10.9 Å². The third-order valence-electron chi connectivity index (χ3n) is 3.22. The molecule has 0 saturated heterocycles. The lowest BCUT2D eigenvalue weighted by molar-refractivity contribution is 0.0931. The Morgan fingerprint density at radius 3 is 2.85 bits per heavy atom. The lowest BCUT2D eigenvalue weighted by Gasteiger charge is -2.12. The molecule has 5 nitrogen and oxygen atoms in total. The smallest absolute Gasteiger partial charge is 0.276 e. The quantitative estimate of drug-likeness (QED) is 0.926. The van der Waals surface area contributed by atoms with E-state index in [-0.39, 0.29) is 17.1 Å². The SMILES string of the molecule is CCC(C)NC(=O)c1nn(C)c2ccc(F)cc2c1=O. The van der Waals surface area contributed by atoms with Gasteiger partial charge in [0.15, 0.2) is 5.69 Å². The fourth-order valence-electron chi connectivity index (χ4n) is 1.89. The maximum absolute atomic E-state index is 13.3. The summed E-state index contributed by atoms with van der Waals surface area (Å²) in [6.07, 6.45) is 0.744. The van der Waals surface area contributed by atoms with Crippen molar-refractivity contribution in [1.82, 2.24) is 15.1 Å². The van der Waals surface area contributed by atoms with E-state index < -0.39 is 17.2 Å². The highest BCUT2D eigenvalue weighted by Crippen LogP contribution is 2.11. The Morgan fingerprint density at radius 2 is 2.20 bits per heavy atom. The zero-order valence-corrected chi connectivity index (χ0v) is 11.6. The molecule has 1 unspecified atom stereocenters. The molecule has 2 aromatic rings. The van der Waals surface area contributed by atoms with Gasteiger partial charge >= 0.3 is 0 Å². The largest absolute Gasteiger partial charge is 0.348 e. The second kappa shape index (κ2) is 5.40. The second-order valence-corrected chi connectivity index (χ2v) is 4.75. The van der Waals surface area contributed by atoms with E-state index in [2.05, 4.69) is 10.4 Å². The van der Waals surface area contributed by atoms with E-state index in [1.165, 1.54) is 16.8 Å². The molecule has 6 heteroatoms. The predicted octanol–water partition coefficient (Wildman–Crippen LogP) is 1.60. The Hall–Kier alpha value is -2.24. The van der Waals surface area contributed by atoms with Crippen molar-refractivity contribution < 1.29 is 9.18 Å². The molecule has 0 aliphatic rings. The Kier molecular flexibility index (Phi) is 3.83. The van der Waals surface area contributed by atoms with E-state index in [0.717, 1.165) is 12.5 Å². The van der Waals surface area contributed by atoms with Crippen molar-refractivity contribution in [3.8, 4) is 0 Å². The lowest BCUT2D eigenvalue weighted by Crippen LogP contribution is -2.36. The number of aromatic nitrogens is 2. The molecule has 0 bridgehead atoms. The van der Waals surface area contributed by atoms with Crippen LogP contribution in [-0.2, 0) is 7.05 Å². The number of hydrogen-bond acceptors (Lipinski definition) is 3. The number of carbonyl (C=O) groups excluding carboxylic acids is 1. The Bertz CT molecular complexity index is 724. The molecule has 0 aliphatic carbocycles. The van der Waals surface area contributed by atoms with Crippen LogP contribution in [-0.4, -0.2) is 21.7 Å². The average molecular weight is 277 g/mol. The fourth-order valence-corrected chi connectivity index (χ4v) is 1.89. The minimum Gasteiger partial charge on any atom is -0.348 e. The number of nitrogens with zero attached hydrogens (tertiary/aromatic N) is 2. The van der Waals surface area contributed by atoms with E-state index in [1.54, 1.807) is 7.05 Å². The summed E-state index contributed by atoms with van der Waals surface area (Å²) < 4.78 is 14.7. The van der Waals surface area contributed by atoms with E-state index >= 15 is 0 Å². The molecule has 0 spiro atoms. The summed E-state index contributed by atoms with van der Waals surface area (Å²) in [7, 11) is 1.61. The van der Waals surface area contributed by atoms with Crippen LogP contribution in [0.1, 0.15) is 30.8 Å². The Balaban J connectivity index is 2.58. The van der Waals surface area contributed by atoms with Gasteiger partial charge in [0.05, 0.1) is 10.9 Å². The van der Waals surface area contributed by atoms with Gasteiger partial charge in [0, 0.05) is 13.1 Å². The van der Waals surface area contributed by atoms with Gasteiger partial charge in [0.25, 0.3) is 5.91 Å². The Labute approximate surface area is 115 Å². The van der Waals surface area contributed by atoms with Gasteiger partial charge in [-0.05, 0) is 31.5 Å². The summed E-state index contributed by atoms with van der Waals surface area (Å²) in [5.41, 5.74) is -0.291. The molecule has 1 N–H and O–H groups in total. The van der Waals surface area contributed by atoms with E-state index in [9.17, 15) is 14.0 Å². The van der Waals surface area contributed by atoms with Crippen LogP contribution in [0.15, 0.2) is 23.0 Å². The summed E-state index contributed by atoms with van der Waals surface area (Å²) in [5, 5.41) is 6.82. The number of halogens is 1. The van der Waals surface area contributed by atoms with Crippen LogP contribution in [0.2, 0.25) is 0 Å². The standard InChI is InChI=1S/C14H16FN3O2/c1-4-8(2)16-14(20)12-13(19)10-7-9(15)5-6-11(10)18(3)17-12/h5-8H,4H2,1-3H3,(H,16,20). The first-order valence-electron chi connectivity index (χ1n) is 6.41. The van der Waals surface area contributed by atoms with Gasteiger partial charge in [-0.1, -0.05) is 6.92 Å². The van der Waals surface area contributed by atoms with Crippen molar-refractivity contribution in [2.24, 2.45) is 7.05 Å². The van der Waals surface area contributed by atoms with Crippen molar-refractivity contribution in [3.63, 3.8) is 0 Å². The van der Waals surface area contributed by atoms with Crippen LogP contribution in [0.5, 0.6) is 0 Å². The Morgan fingerprint density at radius 1 is 1.50 bits per heavy atom. The zero-order chi connectivity index (χ0) is 14.9. The summed E-state index contributed by atoms with van der Waals surface area (Å²) in [6, 6.07) is 3.79. The molecular weight excluding hydrogens is 261 g/mol. The van der Waals surface area contributed by atoms with Gasteiger partial charge < -0.3 is 5.32 Å². The number of rotatable bonds is 3. The molecule has 1 amide bonds. The minimum atomic E-state index is -0.557. The molecule has 2 rings (SSSR count). The van der Waals surface area contributed by atoms with Crippen molar-refractivity contribution in [1.29, 1.82) is 0 Å². The van der Waals surface area contributed by atoms with Gasteiger partial charge in [-0.15, -0.1) is 0 Å². The molecule has 106 valence electrons. The number of carbonyl (C=O) groups is 1. The van der Waals surface area contributed by atoms with Crippen molar-refractivity contribution in [2.45, 2.75) is 26.3 Å². The van der Waals surface area contributed by atoms with E-state index in [0.29, 0.717) is 5.52 Å². The maximum Gasteiger partial charge on any atom is 0.276 e. The predicted molar refractivity (Wildman–Crippen MR) is 74.2 cm³/mol. The highest BCUT2D eigenvalue weighted by molar-refractivity contribution is 5.95. The fraction of sp³-hybridized carbons (Fsp3) is 0.357. The van der Waals surface area contributed by atoms with Gasteiger partial charge in [-0.2, -0.15) is 5.10 Å². The summed E-state index contributed by atoms with van der Waals surface area (Å²) in [5.74, 6) is -1.06. The third-order valence-corrected chi connectivity index (χ3v) is 3.22. The molecule has 1 aromatic carbocycles. The van der Waals surface area contributed by atoms with Crippen molar-refractivity contribution in [2.75, 3.05) is 0 Å². The van der Waals surface area contributed by atoms with E-state index in [1.807, 2.05) is 13.8 Å². The highest BCUT2D eigenvalue weighted by atomic mass is 19.1. The molecule has 0 saturated carbocycles.